The van der Waals surface area contributed by atoms with Gasteiger partial charge in [0.15, 0.2) is 0 Å². The Morgan fingerprint density at radius 2 is 1.85 bits per heavy atom. The molecule has 0 aliphatic heterocycles. The molecule has 1 rings (SSSR count). The van der Waals surface area contributed by atoms with E-state index in [4.69, 9.17) is 11.5 Å². The third kappa shape index (κ3) is 5.38. The summed E-state index contributed by atoms with van der Waals surface area (Å²) in [5, 5.41) is 0. The lowest BCUT2D eigenvalue weighted by molar-refractivity contribution is -0.137. The molecule has 7 heteroatoms. The molecule has 0 atom stereocenters. The van der Waals surface area contributed by atoms with Gasteiger partial charge in [0.2, 0.25) is 0 Å². The van der Waals surface area contributed by atoms with Crippen LogP contribution in [-0.4, -0.2) is 19.1 Å². The zero-order valence-electron chi connectivity index (χ0n) is 12.1. The van der Waals surface area contributed by atoms with E-state index in [9.17, 15) is 13.2 Å². The fraction of sp³-hybridized carbons (Fsp3) is 0.462. The maximum absolute atomic E-state index is 12.7. The van der Waals surface area contributed by atoms with E-state index in [0.29, 0.717) is 0 Å². The SMILES string of the molecule is CC.CN(C)c1cc(C(F)(F)F)cc(C/C(N)=C/N)n1. The molecule has 0 aliphatic carbocycles. The van der Waals surface area contributed by atoms with Crippen LogP contribution in [0.3, 0.4) is 0 Å². The summed E-state index contributed by atoms with van der Waals surface area (Å²) in [5.41, 5.74) is 10.4. The van der Waals surface area contributed by atoms with Crippen LogP contribution in [0.5, 0.6) is 0 Å². The van der Waals surface area contributed by atoms with Crippen molar-refractivity contribution in [3.63, 3.8) is 0 Å². The van der Waals surface area contributed by atoms with Crippen LogP contribution in [0.2, 0.25) is 0 Å². The summed E-state index contributed by atoms with van der Waals surface area (Å²) in [6, 6.07) is 1.97. The summed E-state index contributed by atoms with van der Waals surface area (Å²) in [6.45, 7) is 4.00. The normalized spacial score (nSPS) is 11.7. The molecule has 0 unspecified atom stereocenters. The number of hydrogen-bond acceptors (Lipinski definition) is 4. The molecule has 20 heavy (non-hydrogen) atoms. The average Bonchev–Trinajstić information content (AvgIpc) is 2.39. The highest BCUT2D eigenvalue weighted by atomic mass is 19.4. The molecule has 0 saturated heterocycles. The molecule has 0 bridgehead atoms. The summed E-state index contributed by atoms with van der Waals surface area (Å²) in [5.74, 6) is 0.227. The van der Waals surface area contributed by atoms with E-state index in [1.807, 2.05) is 13.8 Å². The van der Waals surface area contributed by atoms with Gasteiger partial charge < -0.3 is 16.4 Å². The molecule has 4 nitrogen and oxygen atoms in total. The number of allylic oxidation sites excluding steroid dienone is 1. The summed E-state index contributed by atoms with van der Waals surface area (Å²) in [4.78, 5) is 5.58. The Bertz CT molecular complexity index is 453. The highest BCUT2D eigenvalue weighted by molar-refractivity contribution is 5.42. The Balaban J connectivity index is 0.00000172. The van der Waals surface area contributed by atoms with Crippen molar-refractivity contribution in [2.24, 2.45) is 11.5 Å². The van der Waals surface area contributed by atoms with E-state index >= 15 is 0 Å². The van der Waals surface area contributed by atoms with Crippen LogP contribution in [0.25, 0.3) is 0 Å². The second-order valence-electron chi connectivity index (χ2n) is 4.02. The smallest absolute Gasteiger partial charge is 0.403 e. The molecule has 0 amide bonds. The first kappa shape index (κ1) is 18.1. The minimum Gasteiger partial charge on any atom is -0.403 e. The van der Waals surface area contributed by atoms with Gasteiger partial charge in [0.05, 0.1) is 5.56 Å². The zero-order valence-corrected chi connectivity index (χ0v) is 12.1. The minimum absolute atomic E-state index is 0.0846. The fourth-order valence-corrected chi connectivity index (χ4v) is 1.32. The van der Waals surface area contributed by atoms with Gasteiger partial charge in [-0.2, -0.15) is 13.2 Å². The van der Waals surface area contributed by atoms with E-state index in [0.717, 1.165) is 18.3 Å². The number of alkyl halides is 3. The van der Waals surface area contributed by atoms with Gasteiger partial charge in [0.1, 0.15) is 5.82 Å². The molecular formula is C13H21F3N4. The van der Waals surface area contributed by atoms with Crippen LogP contribution in [-0.2, 0) is 12.6 Å². The standard InChI is InChI=1S/C11H15F3N4.C2H6/c1-18(2)10-4-7(11(12,13)14)3-9(17-10)5-8(16)6-15;1-2/h3-4,6H,5,15-16H2,1-2H3;1-2H3/b8-6-;. The molecule has 0 radical (unpaired) electrons. The number of halogens is 3. The second-order valence-corrected chi connectivity index (χ2v) is 4.02. The van der Waals surface area contributed by atoms with Gasteiger partial charge >= 0.3 is 6.18 Å². The number of pyridine rings is 1. The second kappa shape index (κ2) is 7.62. The Hall–Kier alpha value is -1.92. The molecule has 0 fully saturated rings. The van der Waals surface area contributed by atoms with Crippen molar-refractivity contribution in [3.05, 3.63) is 35.3 Å². The van der Waals surface area contributed by atoms with Gasteiger partial charge in [-0.1, -0.05) is 13.8 Å². The fourth-order valence-electron chi connectivity index (χ4n) is 1.32. The van der Waals surface area contributed by atoms with E-state index in [-0.39, 0.29) is 23.6 Å². The molecule has 1 aromatic rings. The van der Waals surface area contributed by atoms with Crippen molar-refractivity contribution in [3.8, 4) is 0 Å². The first-order valence-electron chi connectivity index (χ1n) is 6.15. The number of nitrogens with zero attached hydrogens (tertiary/aromatic N) is 2. The molecule has 1 aromatic heterocycles. The van der Waals surface area contributed by atoms with Crippen molar-refractivity contribution in [2.75, 3.05) is 19.0 Å². The van der Waals surface area contributed by atoms with Crippen LogP contribution < -0.4 is 16.4 Å². The molecule has 0 aliphatic rings. The molecule has 114 valence electrons. The highest BCUT2D eigenvalue weighted by Crippen LogP contribution is 2.31. The summed E-state index contributed by atoms with van der Waals surface area (Å²) in [6.07, 6.45) is -3.18. The van der Waals surface area contributed by atoms with E-state index < -0.39 is 11.7 Å². The van der Waals surface area contributed by atoms with Gasteiger partial charge in [0.25, 0.3) is 0 Å². The topological polar surface area (TPSA) is 68.2 Å². The first-order valence-corrected chi connectivity index (χ1v) is 6.15. The molecule has 1 heterocycles. The van der Waals surface area contributed by atoms with Crippen molar-refractivity contribution in [1.82, 2.24) is 4.98 Å². The average molecular weight is 290 g/mol. The minimum atomic E-state index is -4.41. The third-order valence-corrected chi connectivity index (χ3v) is 2.25. The first-order chi connectivity index (χ1) is 9.24. The van der Waals surface area contributed by atoms with Crippen molar-refractivity contribution >= 4 is 5.82 Å². The maximum Gasteiger partial charge on any atom is 0.416 e. The van der Waals surface area contributed by atoms with Crippen LogP contribution in [0.15, 0.2) is 24.0 Å². The predicted molar refractivity (Wildman–Crippen MR) is 75.1 cm³/mol. The molecule has 4 N–H and O–H groups in total. The Morgan fingerprint density at radius 1 is 1.30 bits per heavy atom. The van der Waals surface area contributed by atoms with Gasteiger partial charge in [-0.05, 0) is 12.1 Å². The lowest BCUT2D eigenvalue weighted by atomic mass is 10.1. The quantitative estimate of drug-likeness (QED) is 0.897. The van der Waals surface area contributed by atoms with Crippen molar-refractivity contribution in [2.45, 2.75) is 26.4 Å². The number of hydrogen-bond donors (Lipinski definition) is 2. The lowest BCUT2D eigenvalue weighted by Gasteiger charge is -2.16. The van der Waals surface area contributed by atoms with E-state index in [1.165, 1.54) is 4.90 Å². The number of rotatable bonds is 3. The maximum atomic E-state index is 12.7. The predicted octanol–water partition coefficient (Wildman–Crippen LogP) is 2.49. The van der Waals surface area contributed by atoms with Crippen LogP contribution in [0.4, 0.5) is 19.0 Å². The molecule has 0 aromatic carbocycles. The number of aromatic nitrogens is 1. The molecule has 0 saturated carbocycles. The monoisotopic (exact) mass is 290 g/mol. The van der Waals surface area contributed by atoms with E-state index in [2.05, 4.69) is 4.98 Å². The van der Waals surface area contributed by atoms with Crippen LogP contribution in [0, 0.1) is 0 Å². The Labute approximate surface area is 117 Å². The Morgan fingerprint density at radius 3 is 2.25 bits per heavy atom. The van der Waals surface area contributed by atoms with Crippen molar-refractivity contribution in [1.29, 1.82) is 0 Å². The molecular weight excluding hydrogens is 269 g/mol. The lowest BCUT2D eigenvalue weighted by Crippen LogP contribution is -2.16. The van der Waals surface area contributed by atoms with E-state index in [1.54, 1.807) is 14.1 Å². The number of nitrogens with two attached hydrogens (primary N) is 2. The van der Waals surface area contributed by atoms with Gasteiger partial charge in [0, 0.05) is 38.1 Å². The summed E-state index contributed by atoms with van der Waals surface area (Å²) < 4.78 is 38.1. The van der Waals surface area contributed by atoms with Gasteiger partial charge in [-0.15, -0.1) is 0 Å². The van der Waals surface area contributed by atoms with Crippen molar-refractivity contribution < 1.29 is 13.2 Å². The summed E-state index contributed by atoms with van der Waals surface area (Å²) >= 11 is 0. The zero-order chi connectivity index (χ0) is 15.9. The van der Waals surface area contributed by atoms with Gasteiger partial charge in [-0.3, -0.25) is 0 Å². The highest BCUT2D eigenvalue weighted by Gasteiger charge is 2.31. The van der Waals surface area contributed by atoms with Crippen LogP contribution in [0.1, 0.15) is 25.1 Å². The van der Waals surface area contributed by atoms with Crippen LogP contribution >= 0.6 is 0 Å². The molecule has 0 spiro atoms. The number of anilines is 1. The third-order valence-electron chi connectivity index (χ3n) is 2.25. The summed E-state index contributed by atoms with van der Waals surface area (Å²) in [7, 11) is 3.24. The Kier molecular flexibility index (Phi) is 6.89. The largest absolute Gasteiger partial charge is 0.416 e. The van der Waals surface area contributed by atoms with Gasteiger partial charge in [-0.25, -0.2) is 4.98 Å².